The molecule has 1 aliphatic heterocycles. The lowest BCUT2D eigenvalue weighted by molar-refractivity contribution is -0.112. The zero-order valence-corrected chi connectivity index (χ0v) is 15.8. The van der Waals surface area contributed by atoms with Crippen molar-refractivity contribution >= 4 is 5.91 Å². The first-order chi connectivity index (χ1) is 12.4. The molecule has 4 heteroatoms. The number of nitrogens with zero attached hydrogens (tertiary/aromatic N) is 1. The van der Waals surface area contributed by atoms with Gasteiger partial charge in [-0.1, -0.05) is 48.5 Å². The number of carbonyl (C=O) groups is 1. The Morgan fingerprint density at radius 2 is 1.69 bits per heavy atom. The van der Waals surface area contributed by atoms with Crippen LogP contribution in [-0.4, -0.2) is 28.8 Å². The molecule has 0 aliphatic carbocycles. The molecular formula is C22H28N2O2. The van der Waals surface area contributed by atoms with E-state index >= 15 is 0 Å². The normalized spacial score (nSPS) is 20.3. The Labute approximate surface area is 156 Å². The fraction of sp³-hybridized carbons (Fsp3) is 0.409. The van der Waals surface area contributed by atoms with Crippen molar-refractivity contribution in [3.8, 4) is 0 Å². The highest BCUT2D eigenvalue weighted by Gasteiger charge is 2.38. The number of amides is 1. The molecule has 1 heterocycles. The zero-order valence-electron chi connectivity index (χ0n) is 15.8. The Bertz CT molecular complexity index is 710. The van der Waals surface area contributed by atoms with E-state index in [1.54, 1.807) is 5.01 Å². The third kappa shape index (κ3) is 4.93. The number of hydrogen-bond acceptors (Lipinski definition) is 3. The second kappa shape index (κ2) is 8.02. The van der Waals surface area contributed by atoms with Crippen molar-refractivity contribution < 1.29 is 9.53 Å². The van der Waals surface area contributed by atoms with Crippen LogP contribution in [0.1, 0.15) is 49.5 Å². The predicted octanol–water partition coefficient (Wildman–Crippen LogP) is 4.18. The highest BCUT2D eigenvalue weighted by molar-refractivity contribution is 5.94. The van der Waals surface area contributed by atoms with Gasteiger partial charge in [0.2, 0.25) is 0 Å². The summed E-state index contributed by atoms with van der Waals surface area (Å²) in [5.41, 5.74) is 5.07. The molecule has 2 atom stereocenters. The van der Waals surface area contributed by atoms with Gasteiger partial charge in [-0.15, -0.1) is 0 Å². The molecule has 0 radical (unpaired) electrons. The van der Waals surface area contributed by atoms with E-state index in [1.807, 2.05) is 57.2 Å². The lowest BCUT2D eigenvalue weighted by atomic mass is 10.0. The molecule has 1 amide bonds. The third-order valence-corrected chi connectivity index (χ3v) is 4.45. The van der Waals surface area contributed by atoms with Crippen LogP contribution in [0.5, 0.6) is 0 Å². The van der Waals surface area contributed by atoms with Gasteiger partial charge in [-0.3, -0.25) is 4.79 Å². The summed E-state index contributed by atoms with van der Waals surface area (Å²) in [5, 5.41) is 1.68. The van der Waals surface area contributed by atoms with Gasteiger partial charge in [0.25, 0.3) is 5.91 Å². The molecule has 2 aromatic carbocycles. The fourth-order valence-corrected chi connectivity index (χ4v) is 3.27. The topological polar surface area (TPSA) is 41.6 Å². The monoisotopic (exact) mass is 352 g/mol. The summed E-state index contributed by atoms with van der Waals surface area (Å²) in [6, 6.07) is 20.0. The Kier molecular flexibility index (Phi) is 5.74. The van der Waals surface area contributed by atoms with Gasteiger partial charge in [0.1, 0.15) is 6.23 Å². The minimum Gasteiger partial charge on any atom is -0.351 e. The quantitative estimate of drug-likeness (QED) is 0.878. The van der Waals surface area contributed by atoms with E-state index in [1.165, 1.54) is 5.56 Å². The van der Waals surface area contributed by atoms with Crippen LogP contribution in [0.3, 0.4) is 0 Å². The summed E-state index contributed by atoms with van der Waals surface area (Å²) in [4.78, 5) is 12.9. The van der Waals surface area contributed by atoms with Crippen molar-refractivity contribution in [2.24, 2.45) is 0 Å². The van der Waals surface area contributed by atoms with Crippen LogP contribution in [-0.2, 0) is 11.2 Å². The highest BCUT2D eigenvalue weighted by atomic mass is 16.5. The third-order valence-electron chi connectivity index (χ3n) is 4.45. The molecule has 3 rings (SSSR count). The number of carbonyl (C=O) groups excluding carboxylic acids is 1. The predicted molar refractivity (Wildman–Crippen MR) is 104 cm³/mol. The van der Waals surface area contributed by atoms with E-state index in [-0.39, 0.29) is 23.8 Å². The van der Waals surface area contributed by atoms with Crippen LogP contribution in [0.25, 0.3) is 0 Å². The smallest absolute Gasteiger partial charge is 0.270 e. The molecule has 1 saturated heterocycles. The van der Waals surface area contributed by atoms with Crippen LogP contribution < -0.4 is 5.43 Å². The SMILES string of the molecule is CC(C)(C)O[C@@H]1C[C@@H](CCc2ccccc2)NN1C(=O)c1ccccc1. The lowest BCUT2D eigenvalue weighted by Crippen LogP contribution is -2.47. The first-order valence-electron chi connectivity index (χ1n) is 9.29. The van der Waals surface area contributed by atoms with E-state index in [0.29, 0.717) is 5.56 Å². The van der Waals surface area contributed by atoms with E-state index in [2.05, 4.69) is 29.7 Å². The number of nitrogens with one attached hydrogen (secondary N) is 1. The first-order valence-corrected chi connectivity index (χ1v) is 9.29. The number of aryl methyl sites for hydroxylation is 1. The maximum atomic E-state index is 12.9. The molecule has 2 aromatic rings. The average molecular weight is 352 g/mol. The summed E-state index contributed by atoms with van der Waals surface area (Å²) < 4.78 is 6.18. The molecule has 26 heavy (non-hydrogen) atoms. The Balaban J connectivity index is 1.70. The second-order valence-electron chi connectivity index (χ2n) is 7.81. The molecule has 1 N–H and O–H groups in total. The standard InChI is InChI=1S/C22H28N2O2/c1-22(2,3)26-20-16-19(15-14-17-10-6-4-7-11-17)23-24(20)21(25)18-12-8-5-9-13-18/h4-13,19-20,23H,14-16H2,1-3H3/t19-,20-/m1/s1. The number of hydrazine groups is 1. The van der Waals surface area contributed by atoms with Gasteiger partial charge in [0.05, 0.1) is 5.60 Å². The minimum atomic E-state index is -0.310. The Hall–Kier alpha value is -2.17. The molecule has 0 bridgehead atoms. The molecule has 0 aromatic heterocycles. The number of ether oxygens (including phenoxy) is 1. The van der Waals surface area contributed by atoms with Crippen LogP contribution in [0.2, 0.25) is 0 Å². The molecule has 1 fully saturated rings. The van der Waals surface area contributed by atoms with Crippen LogP contribution in [0, 0.1) is 0 Å². The van der Waals surface area contributed by atoms with Gasteiger partial charge < -0.3 is 4.74 Å². The lowest BCUT2D eigenvalue weighted by Gasteiger charge is -2.30. The van der Waals surface area contributed by atoms with Crippen molar-refractivity contribution in [3.05, 3.63) is 71.8 Å². The fourth-order valence-electron chi connectivity index (χ4n) is 3.27. The molecule has 1 aliphatic rings. The van der Waals surface area contributed by atoms with E-state index in [9.17, 15) is 4.79 Å². The van der Waals surface area contributed by atoms with Crippen molar-refractivity contribution in [1.29, 1.82) is 0 Å². The van der Waals surface area contributed by atoms with Crippen LogP contribution in [0.15, 0.2) is 60.7 Å². The largest absolute Gasteiger partial charge is 0.351 e. The average Bonchev–Trinajstić information content (AvgIpc) is 3.02. The van der Waals surface area contributed by atoms with Crippen molar-refractivity contribution in [2.45, 2.75) is 57.9 Å². The van der Waals surface area contributed by atoms with Crippen molar-refractivity contribution in [2.75, 3.05) is 0 Å². The van der Waals surface area contributed by atoms with Gasteiger partial charge in [-0.25, -0.2) is 10.4 Å². The zero-order chi connectivity index (χ0) is 18.6. The highest BCUT2D eigenvalue weighted by Crippen LogP contribution is 2.25. The van der Waals surface area contributed by atoms with Gasteiger partial charge in [-0.2, -0.15) is 0 Å². The molecule has 4 nitrogen and oxygen atoms in total. The maximum absolute atomic E-state index is 12.9. The summed E-state index contributed by atoms with van der Waals surface area (Å²) in [5.74, 6) is -0.0398. The van der Waals surface area contributed by atoms with Gasteiger partial charge >= 0.3 is 0 Å². The molecule has 0 unspecified atom stereocenters. The summed E-state index contributed by atoms with van der Waals surface area (Å²) in [7, 11) is 0. The van der Waals surface area contributed by atoms with Gasteiger partial charge in [0, 0.05) is 18.0 Å². The van der Waals surface area contributed by atoms with Gasteiger partial charge in [-0.05, 0) is 51.3 Å². The molecule has 0 saturated carbocycles. The summed E-state index contributed by atoms with van der Waals surface area (Å²) >= 11 is 0. The van der Waals surface area contributed by atoms with Crippen molar-refractivity contribution in [1.82, 2.24) is 10.4 Å². The minimum absolute atomic E-state index is 0.0398. The Morgan fingerprint density at radius 1 is 1.08 bits per heavy atom. The summed E-state index contributed by atoms with van der Waals surface area (Å²) in [6.07, 6.45) is 2.48. The maximum Gasteiger partial charge on any atom is 0.270 e. The first kappa shape index (κ1) is 18.6. The Morgan fingerprint density at radius 3 is 2.31 bits per heavy atom. The van der Waals surface area contributed by atoms with E-state index in [4.69, 9.17) is 4.74 Å². The number of rotatable bonds is 5. The van der Waals surface area contributed by atoms with Crippen LogP contribution in [0.4, 0.5) is 0 Å². The van der Waals surface area contributed by atoms with Crippen LogP contribution >= 0.6 is 0 Å². The molecular weight excluding hydrogens is 324 g/mol. The van der Waals surface area contributed by atoms with Gasteiger partial charge in [0.15, 0.2) is 0 Å². The second-order valence-corrected chi connectivity index (χ2v) is 7.81. The molecule has 0 spiro atoms. The van der Waals surface area contributed by atoms with E-state index < -0.39 is 0 Å². The number of hydrogen-bond donors (Lipinski definition) is 1. The van der Waals surface area contributed by atoms with E-state index in [0.717, 1.165) is 19.3 Å². The molecule has 138 valence electrons. The number of benzene rings is 2. The van der Waals surface area contributed by atoms with Crippen molar-refractivity contribution in [3.63, 3.8) is 0 Å². The summed E-state index contributed by atoms with van der Waals surface area (Å²) in [6.45, 7) is 6.07.